The highest BCUT2D eigenvalue weighted by Gasteiger charge is 2.33. The minimum atomic E-state index is -1.32. The lowest BCUT2D eigenvalue weighted by molar-refractivity contribution is 0.00726. The van der Waals surface area contributed by atoms with Crippen LogP contribution in [-0.2, 0) is 4.74 Å². The number of fused-ring (bicyclic) bond motifs is 1. The molecule has 1 aromatic carbocycles. The minimum Gasteiger partial charge on any atom is -0.477 e. The first kappa shape index (κ1) is 22.3. The number of methoxy groups -OCH3 is 1. The van der Waals surface area contributed by atoms with Crippen molar-refractivity contribution in [1.82, 2.24) is 9.55 Å². The highest BCUT2D eigenvalue weighted by molar-refractivity contribution is 5.93. The molecule has 1 saturated heterocycles. The Morgan fingerprint density at radius 3 is 2.82 bits per heavy atom. The van der Waals surface area contributed by atoms with Gasteiger partial charge in [-0.3, -0.25) is 4.79 Å². The monoisotopic (exact) mass is 467 g/mol. The van der Waals surface area contributed by atoms with Crippen LogP contribution >= 0.6 is 0 Å². The molecular formula is C25H26FN3O5. The first-order valence-electron chi connectivity index (χ1n) is 11.4. The van der Waals surface area contributed by atoms with E-state index in [0.717, 1.165) is 12.8 Å². The number of aromatic carboxylic acids is 1. The molecule has 3 heterocycles. The lowest BCUT2D eigenvalue weighted by atomic mass is 9.88. The largest absolute Gasteiger partial charge is 0.477 e. The highest BCUT2D eigenvalue weighted by Crippen LogP contribution is 2.38. The Hall–Kier alpha value is -3.46. The van der Waals surface area contributed by atoms with Crippen LogP contribution in [0.1, 0.15) is 42.1 Å². The number of anilines is 1. The molecular weight excluding hydrogens is 441 g/mol. The smallest absolute Gasteiger partial charge is 0.341 e. The van der Waals surface area contributed by atoms with Crippen LogP contribution in [0.2, 0.25) is 0 Å². The Bertz CT molecular complexity index is 1270. The molecule has 0 spiro atoms. The molecule has 1 aliphatic heterocycles. The van der Waals surface area contributed by atoms with E-state index in [-0.39, 0.29) is 29.1 Å². The second-order valence-corrected chi connectivity index (χ2v) is 8.86. The summed E-state index contributed by atoms with van der Waals surface area (Å²) >= 11 is 0. The van der Waals surface area contributed by atoms with Crippen molar-refractivity contribution >= 4 is 22.6 Å². The lowest BCUT2D eigenvalue weighted by Gasteiger charge is -2.37. The van der Waals surface area contributed by atoms with E-state index >= 15 is 4.39 Å². The van der Waals surface area contributed by atoms with Gasteiger partial charge in [-0.25, -0.2) is 14.2 Å². The third-order valence-electron chi connectivity index (χ3n) is 6.88. The average molecular weight is 467 g/mol. The van der Waals surface area contributed by atoms with Crippen molar-refractivity contribution in [1.29, 1.82) is 0 Å². The molecule has 2 aromatic heterocycles. The van der Waals surface area contributed by atoms with Gasteiger partial charge in [-0.05, 0) is 43.9 Å². The zero-order valence-corrected chi connectivity index (χ0v) is 18.8. The second kappa shape index (κ2) is 9.06. The summed E-state index contributed by atoms with van der Waals surface area (Å²) in [5, 5.41) is 9.62. The van der Waals surface area contributed by atoms with E-state index in [0.29, 0.717) is 43.1 Å². The zero-order chi connectivity index (χ0) is 23.8. The quantitative estimate of drug-likeness (QED) is 0.567. The maximum absolute atomic E-state index is 15.4. The van der Waals surface area contributed by atoms with Gasteiger partial charge in [0.2, 0.25) is 11.3 Å². The van der Waals surface area contributed by atoms with E-state index in [4.69, 9.17) is 9.47 Å². The zero-order valence-electron chi connectivity index (χ0n) is 18.8. The molecule has 1 N–H and O–H groups in total. The van der Waals surface area contributed by atoms with Crippen molar-refractivity contribution < 1.29 is 23.8 Å². The van der Waals surface area contributed by atoms with Gasteiger partial charge in [-0.1, -0.05) is 6.07 Å². The van der Waals surface area contributed by atoms with Crippen molar-refractivity contribution in [3.8, 4) is 5.88 Å². The van der Waals surface area contributed by atoms with Gasteiger partial charge in [0, 0.05) is 43.5 Å². The van der Waals surface area contributed by atoms with Crippen molar-refractivity contribution in [2.75, 3.05) is 25.2 Å². The van der Waals surface area contributed by atoms with Crippen LogP contribution in [0.4, 0.5) is 10.1 Å². The van der Waals surface area contributed by atoms with Crippen molar-refractivity contribution in [3.05, 3.63) is 64.3 Å². The fourth-order valence-electron chi connectivity index (χ4n) is 4.93. The predicted octanol–water partition coefficient (Wildman–Crippen LogP) is 3.63. The normalized spacial score (nSPS) is 22.1. The van der Waals surface area contributed by atoms with Crippen LogP contribution in [0.3, 0.4) is 0 Å². The van der Waals surface area contributed by atoms with E-state index in [1.165, 1.54) is 12.3 Å². The molecule has 2 aliphatic rings. The molecule has 1 aliphatic carbocycles. The summed E-state index contributed by atoms with van der Waals surface area (Å²) in [7, 11) is 1.64. The molecule has 1 saturated carbocycles. The van der Waals surface area contributed by atoms with Gasteiger partial charge >= 0.3 is 5.97 Å². The number of halogens is 1. The first-order valence-corrected chi connectivity index (χ1v) is 11.4. The molecule has 5 rings (SSSR count). The van der Waals surface area contributed by atoms with Gasteiger partial charge in [-0.15, -0.1) is 0 Å². The molecule has 0 radical (unpaired) electrons. The van der Waals surface area contributed by atoms with Gasteiger partial charge in [0.15, 0.2) is 0 Å². The molecule has 8 nitrogen and oxygen atoms in total. The van der Waals surface area contributed by atoms with E-state index in [2.05, 4.69) is 4.98 Å². The molecule has 3 aromatic rings. The molecule has 178 valence electrons. The standard InChI is InChI=1S/C25H26FN3O5/c1-33-17-9-16(10-17)29-13-19(25(31)32)24(30)18-11-20(26)22(12-21(18)29)28-8-4-5-15(28)14-34-23-6-2-3-7-27-23/h2-3,6-7,11-13,15-17H,4-5,8-10,14H2,1H3,(H,31,32)/t15-,16?,17?/m1/s1. The Kier molecular flexibility index (Phi) is 5.95. The summed E-state index contributed by atoms with van der Waals surface area (Å²) in [5.41, 5.74) is -0.118. The number of benzene rings is 1. The fraction of sp³-hybridized carbons (Fsp3) is 0.400. The number of carboxylic acids is 1. The topological polar surface area (TPSA) is 93.9 Å². The molecule has 1 atom stereocenters. The van der Waals surface area contributed by atoms with E-state index in [1.54, 1.807) is 30.0 Å². The predicted molar refractivity (Wildman–Crippen MR) is 124 cm³/mol. The van der Waals surface area contributed by atoms with Gasteiger partial charge in [0.05, 0.1) is 23.3 Å². The maximum Gasteiger partial charge on any atom is 0.341 e. The van der Waals surface area contributed by atoms with Crippen LogP contribution in [0, 0.1) is 5.82 Å². The van der Waals surface area contributed by atoms with Gasteiger partial charge in [-0.2, -0.15) is 0 Å². The first-order chi connectivity index (χ1) is 16.5. The summed E-state index contributed by atoms with van der Waals surface area (Å²) in [6.45, 7) is 1.02. The van der Waals surface area contributed by atoms with Crippen LogP contribution in [0.15, 0.2) is 47.5 Å². The molecule has 0 unspecified atom stereocenters. The number of nitrogens with zero attached hydrogens (tertiary/aromatic N) is 3. The summed E-state index contributed by atoms with van der Waals surface area (Å²) < 4.78 is 28.4. The van der Waals surface area contributed by atoms with Crippen LogP contribution in [0.5, 0.6) is 5.88 Å². The van der Waals surface area contributed by atoms with Gasteiger partial charge < -0.3 is 24.0 Å². The second-order valence-electron chi connectivity index (χ2n) is 8.86. The van der Waals surface area contributed by atoms with Gasteiger partial charge in [0.25, 0.3) is 0 Å². The number of carboxylic acid groups (broad SMARTS) is 1. The number of pyridine rings is 2. The summed E-state index contributed by atoms with van der Waals surface area (Å²) in [4.78, 5) is 30.7. The number of aromatic nitrogens is 2. The summed E-state index contributed by atoms with van der Waals surface area (Å²) in [5.74, 6) is -1.35. The van der Waals surface area contributed by atoms with Crippen LogP contribution in [-0.4, -0.2) is 53.0 Å². The highest BCUT2D eigenvalue weighted by atomic mass is 19.1. The maximum atomic E-state index is 15.4. The molecule has 34 heavy (non-hydrogen) atoms. The SMILES string of the molecule is COC1CC(n2cc(C(=O)O)c(=O)c3cc(F)c(N4CCC[C@@H]4COc4ccccn4)cc32)C1. The number of ether oxygens (including phenoxy) is 2. The van der Waals surface area contributed by atoms with E-state index in [1.807, 2.05) is 17.0 Å². The van der Waals surface area contributed by atoms with E-state index < -0.39 is 17.2 Å². The number of hydrogen-bond acceptors (Lipinski definition) is 6. The Balaban J connectivity index is 1.53. The Morgan fingerprint density at radius 1 is 1.29 bits per heavy atom. The third kappa shape index (κ3) is 4.00. The average Bonchev–Trinajstić information content (AvgIpc) is 3.27. The third-order valence-corrected chi connectivity index (χ3v) is 6.88. The van der Waals surface area contributed by atoms with Crippen molar-refractivity contribution in [3.63, 3.8) is 0 Å². The molecule has 0 bridgehead atoms. The molecule has 0 amide bonds. The van der Waals surface area contributed by atoms with Crippen LogP contribution in [0.25, 0.3) is 10.9 Å². The van der Waals surface area contributed by atoms with Gasteiger partial charge in [0.1, 0.15) is 18.0 Å². The van der Waals surface area contributed by atoms with E-state index in [9.17, 15) is 14.7 Å². The molecule has 2 fully saturated rings. The number of hydrogen-bond donors (Lipinski definition) is 1. The van der Waals surface area contributed by atoms with Crippen molar-refractivity contribution in [2.24, 2.45) is 0 Å². The number of carbonyl (C=O) groups is 1. The molecule has 9 heteroatoms. The fourth-order valence-corrected chi connectivity index (χ4v) is 4.93. The minimum absolute atomic E-state index is 0.0219. The Morgan fingerprint density at radius 2 is 2.12 bits per heavy atom. The lowest BCUT2D eigenvalue weighted by Crippen LogP contribution is -2.36. The van der Waals surface area contributed by atoms with Crippen molar-refractivity contribution in [2.45, 2.75) is 43.9 Å². The summed E-state index contributed by atoms with van der Waals surface area (Å²) in [6, 6.07) is 8.22. The number of rotatable bonds is 7. The Labute approximate surface area is 195 Å². The summed E-state index contributed by atoms with van der Waals surface area (Å²) in [6.07, 6.45) is 6.25. The van der Waals surface area contributed by atoms with Crippen LogP contribution < -0.4 is 15.1 Å².